The van der Waals surface area contributed by atoms with Gasteiger partial charge >= 0.3 is 5.97 Å². The molecule has 1 amide bonds. The molecule has 19 heavy (non-hydrogen) atoms. The molecule has 0 saturated carbocycles. The zero-order valence-corrected chi connectivity index (χ0v) is 10.3. The van der Waals surface area contributed by atoms with E-state index in [-0.39, 0.29) is 5.56 Å². The van der Waals surface area contributed by atoms with Crippen molar-refractivity contribution in [2.45, 2.75) is 6.04 Å². The first kappa shape index (κ1) is 13.2. The van der Waals surface area contributed by atoms with Crippen molar-refractivity contribution >= 4 is 28.2 Å². The van der Waals surface area contributed by atoms with Gasteiger partial charge in [-0.1, -0.05) is 0 Å². The Bertz CT molecular complexity index is 692. The lowest BCUT2D eigenvalue weighted by Gasteiger charge is -2.10. The van der Waals surface area contributed by atoms with Crippen LogP contribution in [-0.4, -0.2) is 44.1 Å². The number of nitrogens with zero attached hydrogens (tertiary/aromatic N) is 2. The first-order valence-corrected chi connectivity index (χ1v) is 6.02. The molecule has 0 saturated heterocycles. The molecule has 0 spiro atoms. The third kappa shape index (κ3) is 2.46. The number of carbonyl (C=O) groups excluding carboxylic acids is 1. The number of fused-ring (bicyclic) bond motifs is 1. The highest BCUT2D eigenvalue weighted by Gasteiger charge is 2.22. The van der Waals surface area contributed by atoms with Crippen LogP contribution in [0.2, 0.25) is 0 Å². The van der Waals surface area contributed by atoms with Crippen molar-refractivity contribution in [3.63, 3.8) is 0 Å². The molecule has 2 aromatic rings. The molecular weight excluding hydrogens is 274 g/mol. The number of amides is 1. The summed E-state index contributed by atoms with van der Waals surface area (Å²) in [6.45, 7) is -0.767. The molecule has 100 valence electrons. The summed E-state index contributed by atoms with van der Waals surface area (Å²) in [5, 5.41) is 21.2. The van der Waals surface area contributed by atoms with Gasteiger partial charge in [-0.05, 0) is 0 Å². The van der Waals surface area contributed by atoms with Crippen molar-refractivity contribution in [2.24, 2.45) is 0 Å². The summed E-state index contributed by atoms with van der Waals surface area (Å²) in [5.41, 5.74) is -0.874. The predicted molar refractivity (Wildman–Crippen MR) is 65.3 cm³/mol. The Balaban J connectivity index is 2.34. The number of aromatic nitrogens is 2. The first-order chi connectivity index (χ1) is 9.04. The molecule has 0 radical (unpaired) electrons. The minimum atomic E-state index is -1.46. The van der Waals surface area contributed by atoms with Crippen molar-refractivity contribution in [3.05, 3.63) is 33.7 Å². The lowest BCUT2D eigenvalue weighted by atomic mass is 10.2. The Kier molecular flexibility index (Phi) is 3.58. The molecule has 0 aliphatic rings. The van der Waals surface area contributed by atoms with Crippen molar-refractivity contribution in [1.29, 1.82) is 0 Å². The van der Waals surface area contributed by atoms with E-state index in [4.69, 9.17) is 10.2 Å². The van der Waals surface area contributed by atoms with E-state index >= 15 is 0 Å². The second-order valence-corrected chi connectivity index (χ2v) is 4.45. The van der Waals surface area contributed by atoms with Gasteiger partial charge < -0.3 is 15.5 Å². The Hall–Kier alpha value is -2.26. The molecule has 0 aliphatic heterocycles. The SMILES string of the molecule is O=C(N[C@@H](CO)C(=O)O)c1cnc2sccn2c1=O. The van der Waals surface area contributed by atoms with Crippen LogP contribution in [0.4, 0.5) is 0 Å². The maximum atomic E-state index is 11.9. The summed E-state index contributed by atoms with van der Waals surface area (Å²) in [6, 6.07) is -1.46. The Labute approximate surface area is 110 Å². The second kappa shape index (κ2) is 5.16. The van der Waals surface area contributed by atoms with Crippen LogP contribution in [-0.2, 0) is 4.79 Å². The van der Waals surface area contributed by atoms with E-state index < -0.39 is 30.1 Å². The lowest BCUT2D eigenvalue weighted by Crippen LogP contribution is -2.45. The van der Waals surface area contributed by atoms with Crippen LogP contribution < -0.4 is 10.9 Å². The number of rotatable bonds is 4. The summed E-state index contributed by atoms with van der Waals surface area (Å²) >= 11 is 1.23. The number of thiazole rings is 1. The number of nitrogens with one attached hydrogen (secondary N) is 1. The van der Waals surface area contributed by atoms with Crippen LogP contribution >= 0.6 is 11.3 Å². The first-order valence-electron chi connectivity index (χ1n) is 5.14. The molecule has 3 N–H and O–H groups in total. The predicted octanol–water partition coefficient (Wildman–Crippen LogP) is -1.07. The number of carboxylic acid groups (broad SMARTS) is 1. The van der Waals surface area contributed by atoms with Gasteiger partial charge in [-0.2, -0.15) is 0 Å². The highest BCUT2D eigenvalue weighted by Crippen LogP contribution is 2.05. The molecule has 2 heterocycles. The van der Waals surface area contributed by atoms with Gasteiger partial charge in [0, 0.05) is 17.8 Å². The van der Waals surface area contributed by atoms with Crippen LogP contribution in [0.5, 0.6) is 0 Å². The molecule has 9 heteroatoms. The van der Waals surface area contributed by atoms with Gasteiger partial charge in [0.1, 0.15) is 5.56 Å². The van der Waals surface area contributed by atoms with E-state index in [1.165, 1.54) is 21.9 Å². The topological polar surface area (TPSA) is 121 Å². The third-order valence-electron chi connectivity index (χ3n) is 2.37. The zero-order chi connectivity index (χ0) is 14.0. The summed E-state index contributed by atoms with van der Waals surface area (Å²) in [5.74, 6) is -2.28. The quantitative estimate of drug-likeness (QED) is 0.657. The summed E-state index contributed by atoms with van der Waals surface area (Å²) in [6.07, 6.45) is 2.55. The number of carbonyl (C=O) groups is 2. The zero-order valence-electron chi connectivity index (χ0n) is 9.44. The van der Waals surface area contributed by atoms with E-state index in [0.29, 0.717) is 4.96 Å². The Morgan fingerprint density at radius 3 is 2.89 bits per heavy atom. The molecule has 2 aromatic heterocycles. The molecule has 0 aliphatic carbocycles. The van der Waals surface area contributed by atoms with Crippen molar-refractivity contribution < 1.29 is 19.8 Å². The fourth-order valence-corrected chi connectivity index (χ4v) is 2.08. The highest BCUT2D eigenvalue weighted by atomic mass is 32.1. The van der Waals surface area contributed by atoms with E-state index in [1.54, 1.807) is 5.38 Å². The number of aliphatic carboxylic acids is 1. The lowest BCUT2D eigenvalue weighted by molar-refractivity contribution is -0.140. The normalized spacial score (nSPS) is 12.3. The third-order valence-corrected chi connectivity index (χ3v) is 3.14. The van der Waals surface area contributed by atoms with E-state index in [9.17, 15) is 14.4 Å². The molecule has 0 fully saturated rings. The number of aliphatic hydroxyl groups is 1. The van der Waals surface area contributed by atoms with Crippen LogP contribution in [0.3, 0.4) is 0 Å². The van der Waals surface area contributed by atoms with Gasteiger partial charge in [0.2, 0.25) is 0 Å². The van der Waals surface area contributed by atoms with Crippen LogP contribution in [0, 0.1) is 0 Å². The standard InChI is InChI=1S/C10H9N3O5S/c14-4-6(9(17)18)12-7(15)5-3-11-10-13(8(5)16)1-2-19-10/h1-3,6,14H,4H2,(H,12,15)(H,17,18)/t6-/m0/s1. The number of carboxylic acids is 1. The monoisotopic (exact) mass is 283 g/mol. The van der Waals surface area contributed by atoms with Gasteiger partial charge in [0.05, 0.1) is 6.61 Å². The van der Waals surface area contributed by atoms with E-state index in [0.717, 1.165) is 6.20 Å². The average molecular weight is 283 g/mol. The number of hydrogen-bond donors (Lipinski definition) is 3. The molecule has 8 nitrogen and oxygen atoms in total. The second-order valence-electron chi connectivity index (χ2n) is 3.58. The Morgan fingerprint density at radius 2 is 2.26 bits per heavy atom. The fraction of sp³-hybridized carbons (Fsp3) is 0.200. The molecule has 0 unspecified atom stereocenters. The minimum absolute atomic E-state index is 0.282. The highest BCUT2D eigenvalue weighted by molar-refractivity contribution is 7.15. The van der Waals surface area contributed by atoms with Gasteiger partial charge in [-0.3, -0.25) is 14.0 Å². The van der Waals surface area contributed by atoms with E-state index in [2.05, 4.69) is 4.98 Å². The van der Waals surface area contributed by atoms with Crippen molar-refractivity contribution in [3.8, 4) is 0 Å². The Morgan fingerprint density at radius 1 is 1.53 bits per heavy atom. The minimum Gasteiger partial charge on any atom is -0.480 e. The summed E-state index contributed by atoms with van der Waals surface area (Å²) in [4.78, 5) is 38.7. The van der Waals surface area contributed by atoms with Gasteiger partial charge in [0.25, 0.3) is 11.5 Å². The smallest absolute Gasteiger partial charge is 0.328 e. The molecule has 0 aromatic carbocycles. The van der Waals surface area contributed by atoms with Crippen molar-refractivity contribution in [2.75, 3.05) is 6.61 Å². The molecular formula is C10H9N3O5S. The molecule has 0 bridgehead atoms. The van der Waals surface area contributed by atoms with Crippen molar-refractivity contribution in [1.82, 2.24) is 14.7 Å². The fourth-order valence-electron chi connectivity index (χ4n) is 1.40. The summed E-state index contributed by atoms with van der Waals surface area (Å²) in [7, 11) is 0. The summed E-state index contributed by atoms with van der Waals surface area (Å²) < 4.78 is 1.19. The van der Waals surface area contributed by atoms with Gasteiger partial charge in [0.15, 0.2) is 11.0 Å². The largest absolute Gasteiger partial charge is 0.480 e. The average Bonchev–Trinajstić information content (AvgIpc) is 2.84. The van der Waals surface area contributed by atoms with Crippen LogP contribution in [0.1, 0.15) is 10.4 Å². The molecule has 2 rings (SSSR count). The molecule has 1 atom stereocenters. The van der Waals surface area contributed by atoms with E-state index in [1.807, 2.05) is 5.32 Å². The number of aliphatic hydroxyl groups excluding tert-OH is 1. The van der Waals surface area contributed by atoms with Gasteiger partial charge in [-0.25, -0.2) is 9.78 Å². The maximum absolute atomic E-state index is 11.9. The maximum Gasteiger partial charge on any atom is 0.328 e. The van der Waals surface area contributed by atoms with Crippen LogP contribution in [0.15, 0.2) is 22.6 Å². The van der Waals surface area contributed by atoms with Crippen LogP contribution in [0.25, 0.3) is 4.96 Å². The van der Waals surface area contributed by atoms with Gasteiger partial charge in [-0.15, -0.1) is 11.3 Å². The number of hydrogen-bond acceptors (Lipinski definition) is 6.